The van der Waals surface area contributed by atoms with Crippen LogP contribution in [0.3, 0.4) is 0 Å². The molecule has 1 heterocycles. The van der Waals surface area contributed by atoms with Crippen LogP contribution in [0.15, 0.2) is 23.2 Å². The first-order valence-corrected chi connectivity index (χ1v) is 9.31. The van der Waals surface area contributed by atoms with E-state index in [1.165, 1.54) is 12.1 Å². The molecule has 2 rings (SSSR count). The van der Waals surface area contributed by atoms with Crippen LogP contribution in [0.5, 0.6) is 5.75 Å². The lowest BCUT2D eigenvalue weighted by Gasteiger charge is -2.32. The highest BCUT2D eigenvalue weighted by Gasteiger charge is 2.20. The van der Waals surface area contributed by atoms with Crippen molar-refractivity contribution in [3.63, 3.8) is 0 Å². The smallest absolute Gasteiger partial charge is 0.387 e. The van der Waals surface area contributed by atoms with Crippen LogP contribution in [0.1, 0.15) is 18.4 Å². The molecule has 1 aromatic rings. The molecule has 28 heavy (non-hydrogen) atoms. The van der Waals surface area contributed by atoms with Gasteiger partial charge in [0, 0.05) is 57.0 Å². The molecule has 1 fully saturated rings. The van der Waals surface area contributed by atoms with Gasteiger partial charge in [-0.3, -0.25) is 4.99 Å². The van der Waals surface area contributed by atoms with Gasteiger partial charge in [0.15, 0.2) is 5.96 Å². The lowest BCUT2D eigenvalue weighted by molar-refractivity contribution is -0.0504. The van der Waals surface area contributed by atoms with E-state index < -0.39 is 6.61 Å². The van der Waals surface area contributed by atoms with Crippen LogP contribution in [-0.2, 0) is 11.3 Å². The van der Waals surface area contributed by atoms with Crippen LogP contribution in [0.4, 0.5) is 8.78 Å². The number of guanidine groups is 1. The Morgan fingerprint density at radius 2 is 2.07 bits per heavy atom. The van der Waals surface area contributed by atoms with Gasteiger partial charge in [-0.05, 0) is 31.0 Å². The first kappa shape index (κ1) is 25.1. The molecule has 6 nitrogen and oxygen atoms in total. The second-order valence-electron chi connectivity index (χ2n) is 6.31. The van der Waals surface area contributed by atoms with Gasteiger partial charge in [0.25, 0.3) is 0 Å². The first-order chi connectivity index (χ1) is 13.0. The van der Waals surface area contributed by atoms with E-state index in [1.807, 2.05) is 0 Å². The highest BCUT2D eigenvalue weighted by Crippen LogP contribution is 2.24. The van der Waals surface area contributed by atoms with Crippen LogP contribution < -0.4 is 15.4 Å². The predicted octanol–water partition coefficient (Wildman–Crippen LogP) is 3.34. The van der Waals surface area contributed by atoms with Gasteiger partial charge < -0.3 is 25.0 Å². The zero-order valence-electron chi connectivity index (χ0n) is 16.1. The predicted molar refractivity (Wildman–Crippen MR) is 118 cm³/mol. The zero-order valence-corrected chi connectivity index (χ0v) is 19.2. The number of ether oxygens (including phenoxy) is 2. The Bertz CT molecular complexity index is 617. The minimum Gasteiger partial charge on any atom is -0.434 e. The van der Waals surface area contributed by atoms with Crippen molar-refractivity contribution < 1.29 is 18.3 Å². The van der Waals surface area contributed by atoms with E-state index in [0.717, 1.165) is 39.1 Å². The van der Waals surface area contributed by atoms with Crippen molar-refractivity contribution in [3.05, 3.63) is 28.8 Å². The van der Waals surface area contributed by atoms with E-state index in [1.54, 1.807) is 20.2 Å². The summed E-state index contributed by atoms with van der Waals surface area (Å²) in [5, 5.41) is 6.99. The molecule has 0 unspecified atom stereocenters. The molecule has 0 spiro atoms. The Kier molecular flexibility index (Phi) is 12.0. The van der Waals surface area contributed by atoms with Crippen molar-refractivity contribution in [2.75, 3.05) is 40.4 Å². The fourth-order valence-corrected chi connectivity index (χ4v) is 3.18. The Labute approximate surface area is 187 Å². The van der Waals surface area contributed by atoms with Crippen molar-refractivity contribution in [2.24, 2.45) is 4.99 Å². The SMILES string of the molecule is CN=C(NCc1cc(Cl)ccc1OC(F)F)NC1CCN(CCOC)CC1.I. The van der Waals surface area contributed by atoms with Gasteiger partial charge in [0.1, 0.15) is 5.75 Å². The van der Waals surface area contributed by atoms with E-state index in [-0.39, 0.29) is 36.3 Å². The van der Waals surface area contributed by atoms with E-state index in [9.17, 15) is 8.78 Å². The number of hydrogen-bond donors (Lipinski definition) is 2. The molecule has 160 valence electrons. The number of piperidine rings is 1. The minimum atomic E-state index is -2.88. The molecule has 0 atom stereocenters. The molecule has 10 heteroatoms. The number of halogens is 4. The summed E-state index contributed by atoms with van der Waals surface area (Å²) < 4.78 is 34.8. The summed E-state index contributed by atoms with van der Waals surface area (Å²) >= 11 is 5.98. The van der Waals surface area contributed by atoms with Gasteiger partial charge in [-0.1, -0.05) is 11.6 Å². The summed E-state index contributed by atoms with van der Waals surface area (Å²) in [5.74, 6) is 0.720. The number of aliphatic imine (C=N–C) groups is 1. The third kappa shape index (κ3) is 8.62. The number of rotatable bonds is 8. The number of likely N-dealkylation sites (tertiary alicyclic amines) is 1. The topological polar surface area (TPSA) is 58.1 Å². The Morgan fingerprint density at radius 1 is 1.36 bits per heavy atom. The first-order valence-electron chi connectivity index (χ1n) is 8.93. The molecule has 2 N–H and O–H groups in total. The lowest BCUT2D eigenvalue weighted by Crippen LogP contribution is -2.48. The van der Waals surface area contributed by atoms with Gasteiger partial charge in [0.05, 0.1) is 6.61 Å². The van der Waals surface area contributed by atoms with Crippen LogP contribution in [0, 0.1) is 0 Å². The third-order valence-corrected chi connectivity index (χ3v) is 4.68. The van der Waals surface area contributed by atoms with E-state index >= 15 is 0 Å². The van der Waals surface area contributed by atoms with Crippen molar-refractivity contribution >= 4 is 41.5 Å². The number of benzene rings is 1. The van der Waals surface area contributed by atoms with Gasteiger partial charge in [-0.2, -0.15) is 8.78 Å². The zero-order chi connectivity index (χ0) is 19.6. The number of nitrogens with one attached hydrogen (secondary N) is 2. The molecule has 1 saturated heterocycles. The van der Waals surface area contributed by atoms with Crippen LogP contribution in [-0.4, -0.2) is 63.9 Å². The molecule has 0 radical (unpaired) electrons. The third-order valence-electron chi connectivity index (χ3n) is 4.45. The van der Waals surface area contributed by atoms with Crippen LogP contribution >= 0.6 is 35.6 Å². The molecule has 0 saturated carbocycles. The summed E-state index contributed by atoms with van der Waals surface area (Å²) in [6.45, 7) is 1.07. The van der Waals surface area contributed by atoms with Crippen molar-refractivity contribution in [1.82, 2.24) is 15.5 Å². The van der Waals surface area contributed by atoms with E-state index in [4.69, 9.17) is 16.3 Å². The summed E-state index contributed by atoms with van der Waals surface area (Å²) in [6.07, 6.45) is 2.00. The molecule has 1 aliphatic heterocycles. The van der Waals surface area contributed by atoms with Gasteiger partial charge in [-0.25, -0.2) is 0 Å². The van der Waals surface area contributed by atoms with Crippen molar-refractivity contribution in [1.29, 1.82) is 0 Å². The number of hydrogen-bond acceptors (Lipinski definition) is 4. The van der Waals surface area contributed by atoms with Crippen LogP contribution in [0.2, 0.25) is 5.02 Å². The summed E-state index contributed by atoms with van der Waals surface area (Å²) in [5.41, 5.74) is 0.542. The van der Waals surface area contributed by atoms with Crippen molar-refractivity contribution in [2.45, 2.75) is 32.0 Å². The van der Waals surface area contributed by atoms with Crippen molar-refractivity contribution in [3.8, 4) is 5.75 Å². The molecule has 1 aromatic carbocycles. The largest absolute Gasteiger partial charge is 0.434 e. The highest BCUT2D eigenvalue weighted by atomic mass is 127. The molecule has 0 aromatic heterocycles. The monoisotopic (exact) mass is 532 g/mol. The second-order valence-corrected chi connectivity index (χ2v) is 6.75. The fourth-order valence-electron chi connectivity index (χ4n) is 2.99. The Hall–Kier alpha value is -0.910. The molecule has 0 aliphatic carbocycles. The number of methoxy groups -OCH3 is 1. The average molecular weight is 533 g/mol. The summed E-state index contributed by atoms with van der Waals surface area (Å²) in [6, 6.07) is 4.88. The van der Waals surface area contributed by atoms with Crippen LogP contribution in [0.25, 0.3) is 0 Å². The lowest BCUT2D eigenvalue weighted by atomic mass is 10.1. The molecule has 1 aliphatic rings. The second kappa shape index (κ2) is 13.3. The standard InChI is InChI=1S/C18H27ClF2N4O2.HI/c1-22-18(24-15-5-7-25(8-6-15)9-10-26-2)23-12-13-11-14(19)3-4-16(13)27-17(20)21;/h3-4,11,15,17H,5-10,12H2,1-2H3,(H2,22,23,24);1H. The minimum absolute atomic E-state index is 0. The maximum atomic E-state index is 12.6. The number of alkyl halides is 2. The quantitative estimate of drug-likeness (QED) is 0.306. The fraction of sp³-hybridized carbons (Fsp3) is 0.611. The van der Waals surface area contributed by atoms with E-state index in [0.29, 0.717) is 22.6 Å². The van der Waals surface area contributed by atoms with Gasteiger partial charge in [-0.15, -0.1) is 24.0 Å². The Balaban J connectivity index is 0.00000392. The maximum Gasteiger partial charge on any atom is 0.387 e. The van der Waals surface area contributed by atoms with E-state index in [2.05, 4.69) is 25.3 Å². The normalized spacial score (nSPS) is 16.0. The average Bonchev–Trinajstić information content (AvgIpc) is 2.66. The molecular weight excluding hydrogens is 505 g/mol. The number of nitrogens with zero attached hydrogens (tertiary/aromatic N) is 2. The molecule has 0 amide bonds. The highest BCUT2D eigenvalue weighted by molar-refractivity contribution is 14.0. The summed E-state index contributed by atoms with van der Waals surface area (Å²) in [7, 11) is 3.39. The Morgan fingerprint density at radius 3 is 2.68 bits per heavy atom. The van der Waals surface area contributed by atoms with Gasteiger partial charge in [0.2, 0.25) is 0 Å². The molecular formula is C18H28ClF2IN4O2. The summed E-state index contributed by atoms with van der Waals surface area (Å²) in [4.78, 5) is 6.59. The van der Waals surface area contributed by atoms with Gasteiger partial charge >= 0.3 is 6.61 Å². The molecule has 0 bridgehead atoms. The maximum absolute atomic E-state index is 12.6.